The van der Waals surface area contributed by atoms with Crippen molar-refractivity contribution in [1.29, 1.82) is 0 Å². The standard InChI is InChI=1S/C13H15N3OS/c1-9-4-2-3-5-10(9)6-7-16-11(14)8-12(17)15-13(16)18/h2-5,8H,6-7,14H2,1H3,(H,15,17,18). The number of aromatic nitrogens is 2. The van der Waals surface area contributed by atoms with Gasteiger partial charge in [0.2, 0.25) is 0 Å². The quantitative estimate of drug-likeness (QED) is 0.831. The van der Waals surface area contributed by atoms with Gasteiger partial charge in [0, 0.05) is 12.6 Å². The van der Waals surface area contributed by atoms with Crippen LogP contribution in [0.3, 0.4) is 0 Å². The molecule has 0 radical (unpaired) electrons. The summed E-state index contributed by atoms with van der Waals surface area (Å²) >= 11 is 5.10. The Morgan fingerprint density at radius 2 is 2.11 bits per heavy atom. The summed E-state index contributed by atoms with van der Waals surface area (Å²) in [6.45, 7) is 2.73. The second kappa shape index (κ2) is 5.18. The van der Waals surface area contributed by atoms with E-state index < -0.39 is 0 Å². The Morgan fingerprint density at radius 1 is 1.39 bits per heavy atom. The molecular formula is C13H15N3OS. The van der Waals surface area contributed by atoms with E-state index in [1.807, 2.05) is 12.1 Å². The average Bonchev–Trinajstić information content (AvgIpc) is 2.30. The van der Waals surface area contributed by atoms with Crippen LogP contribution in [0.1, 0.15) is 11.1 Å². The molecule has 0 fully saturated rings. The maximum atomic E-state index is 11.2. The van der Waals surface area contributed by atoms with Gasteiger partial charge in [0.1, 0.15) is 5.82 Å². The lowest BCUT2D eigenvalue weighted by molar-refractivity contribution is 0.671. The van der Waals surface area contributed by atoms with Crippen molar-refractivity contribution >= 4 is 18.0 Å². The Balaban J connectivity index is 2.24. The number of rotatable bonds is 3. The lowest BCUT2D eigenvalue weighted by Gasteiger charge is -2.11. The molecule has 0 bridgehead atoms. The first kappa shape index (κ1) is 12.6. The normalized spacial score (nSPS) is 10.5. The van der Waals surface area contributed by atoms with Crippen molar-refractivity contribution in [2.24, 2.45) is 0 Å². The van der Waals surface area contributed by atoms with Crippen LogP contribution < -0.4 is 11.3 Å². The Labute approximate surface area is 110 Å². The Bertz CT molecular complexity index is 672. The molecule has 18 heavy (non-hydrogen) atoms. The number of aryl methyl sites for hydroxylation is 2. The first-order valence-corrected chi connectivity index (χ1v) is 6.13. The number of nitrogens with zero attached hydrogens (tertiary/aromatic N) is 1. The Hall–Kier alpha value is -1.88. The molecule has 0 amide bonds. The Morgan fingerprint density at radius 3 is 2.78 bits per heavy atom. The van der Waals surface area contributed by atoms with Gasteiger partial charge in [0.25, 0.3) is 5.56 Å². The monoisotopic (exact) mass is 261 g/mol. The molecule has 1 aromatic heterocycles. The molecule has 0 aliphatic heterocycles. The van der Waals surface area contributed by atoms with Crippen LogP contribution in [0.5, 0.6) is 0 Å². The smallest absolute Gasteiger partial charge is 0.253 e. The van der Waals surface area contributed by atoms with Gasteiger partial charge in [-0.05, 0) is 36.7 Å². The molecule has 2 aromatic rings. The van der Waals surface area contributed by atoms with Gasteiger partial charge in [-0.2, -0.15) is 0 Å². The van der Waals surface area contributed by atoms with E-state index in [2.05, 4.69) is 24.0 Å². The van der Waals surface area contributed by atoms with Gasteiger partial charge in [-0.15, -0.1) is 0 Å². The van der Waals surface area contributed by atoms with Gasteiger partial charge in [0.15, 0.2) is 4.77 Å². The van der Waals surface area contributed by atoms with Gasteiger partial charge in [-0.3, -0.25) is 9.78 Å². The van der Waals surface area contributed by atoms with Gasteiger partial charge in [-0.1, -0.05) is 24.3 Å². The topological polar surface area (TPSA) is 63.8 Å². The van der Waals surface area contributed by atoms with Crippen molar-refractivity contribution in [3.05, 3.63) is 56.6 Å². The van der Waals surface area contributed by atoms with Crippen molar-refractivity contribution in [3.8, 4) is 0 Å². The number of H-pyrrole nitrogens is 1. The molecule has 0 spiro atoms. The summed E-state index contributed by atoms with van der Waals surface area (Å²) in [5, 5.41) is 0. The van der Waals surface area contributed by atoms with E-state index >= 15 is 0 Å². The highest BCUT2D eigenvalue weighted by atomic mass is 32.1. The van der Waals surface area contributed by atoms with Crippen LogP contribution in [0.2, 0.25) is 0 Å². The van der Waals surface area contributed by atoms with E-state index in [9.17, 15) is 4.79 Å². The fourth-order valence-electron chi connectivity index (χ4n) is 1.89. The minimum atomic E-state index is -0.260. The molecule has 94 valence electrons. The SMILES string of the molecule is Cc1ccccc1CCn1c(N)cc(=O)[nH]c1=S. The van der Waals surface area contributed by atoms with E-state index in [4.69, 9.17) is 18.0 Å². The summed E-state index contributed by atoms with van der Waals surface area (Å²) in [6.07, 6.45) is 0.831. The highest BCUT2D eigenvalue weighted by Crippen LogP contribution is 2.10. The Kier molecular flexibility index (Phi) is 3.62. The molecule has 2 rings (SSSR count). The molecule has 4 nitrogen and oxygen atoms in total. The van der Waals surface area contributed by atoms with Crippen LogP contribution in [0.25, 0.3) is 0 Å². The summed E-state index contributed by atoms with van der Waals surface area (Å²) in [7, 11) is 0. The second-order valence-electron chi connectivity index (χ2n) is 4.19. The number of nitrogens with one attached hydrogen (secondary N) is 1. The minimum Gasteiger partial charge on any atom is -0.385 e. The zero-order chi connectivity index (χ0) is 13.1. The minimum absolute atomic E-state index is 0.260. The lowest BCUT2D eigenvalue weighted by Crippen LogP contribution is -2.17. The first-order valence-electron chi connectivity index (χ1n) is 5.72. The molecule has 0 unspecified atom stereocenters. The largest absolute Gasteiger partial charge is 0.385 e. The number of hydrogen-bond donors (Lipinski definition) is 2. The predicted octanol–water partition coefficient (Wildman–Crippen LogP) is 2.04. The van der Waals surface area contributed by atoms with E-state index in [0.29, 0.717) is 17.1 Å². The van der Waals surface area contributed by atoms with Crippen LogP contribution in [0.4, 0.5) is 5.82 Å². The number of nitrogens with two attached hydrogens (primary N) is 1. The van der Waals surface area contributed by atoms with Gasteiger partial charge < -0.3 is 10.3 Å². The van der Waals surface area contributed by atoms with E-state index in [0.717, 1.165) is 6.42 Å². The summed E-state index contributed by atoms with van der Waals surface area (Å²) in [5.74, 6) is 0.400. The highest BCUT2D eigenvalue weighted by Gasteiger charge is 2.02. The number of aromatic amines is 1. The zero-order valence-corrected chi connectivity index (χ0v) is 11.0. The molecule has 1 heterocycles. The third-order valence-electron chi connectivity index (χ3n) is 2.93. The van der Waals surface area contributed by atoms with Crippen molar-refractivity contribution in [1.82, 2.24) is 9.55 Å². The van der Waals surface area contributed by atoms with Crippen molar-refractivity contribution in [2.75, 3.05) is 5.73 Å². The van der Waals surface area contributed by atoms with E-state index in [1.54, 1.807) is 4.57 Å². The maximum absolute atomic E-state index is 11.2. The fraction of sp³-hybridized carbons (Fsp3) is 0.231. The van der Waals surface area contributed by atoms with E-state index in [-0.39, 0.29) is 5.56 Å². The lowest BCUT2D eigenvalue weighted by atomic mass is 10.1. The molecule has 0 atom stereocenters. The highest BCUT2D eigenvalue weighted by molar-refractivity contribution is 7.71. The molecule has 0 aliphatic carbocycles. The molecule has 5 heteroatoms. The number of anilines is 1. The molecule has 3 N–H and O–H groups in total. The van der Waals surface area contributed by atoms with Crippen LogP contribution in [-0.4, -0.2) is 9.55 Å². The summed E-state index contributed by atoms with van der Waals surface area (Å²) in [4.78, 5) is 13.7. The summed E-state index contributed by atoms with van der Waals surface area (Å²) in [5.41, 5.74) is 8.04. The number of benzene rings is 1. The average molecular weight is 261 g/mol. The molecular weight excluding hydrogens is 246 g/mol. The van der Waals surface area contributed by atoms with Crippen molar-refractivity contribution < 1.29 is 0 Å². The van der Waals surface area contributed by atoms with Gasteiger partial charge in [-0.25, -0.2) is 0 Å². The molecule has 0 saturated heterocycles. The van der Waals surface area contributed by atoms with Crippen LogP contribution >= 0.6 is 12.2 Å². The zero-order valence-electron chi connectivity index (χ0n) is 10.1. The number of nitrogen functional groups attached to an aromatic ring is 1. The summed E-state index contributed by atoms with van der Waals surface area (Å²) in [6, 6.07) is 9.54. The predicted molar refractivity (Wildman–Crippen MR) is 75.2 cm³/mol. The molecule has 1 aromatic carbocycles. The third-order valence-corrected chi connectivity index (χ3v) is 3.25. The third kappa shape index (κ3) is 2.68. The first-order chi connectivity index (χ1) is 8.58. The second-order valence-corrected chi connectivity index (χ2v) is 4.58. The van der Waals surface area contributed by atoms with Gasteiger partial charge >= 0.3 is 0 Å². The molecule has 0 saturated carbocycles. The van der Waals surface area contributed by atoms with Crippen LogP contribution in [-0.2, 0) is 13.0 Å². The van der Waals surface area contributed by atoms with Crippen molar-refractivity contribution in [2.45, 2.75) is 19.9 Å². The van der Waals surface area contributed by atoms with Crippen molar-refractivity contribution in [3.63, 3.8) is 0 Å². The van der Waals surface area contributed by atoms with Crippen LogP contribution in [0.15, 0.2) is 35.1 Å². The van der Waals surface area contributed by atoms with Crippen LogP contribution in [0, 0.1) is 11.7 Å². The maximum Gasteiger partial charge on any atom is 0.253 e. The molecule has 0 aliphatic rings. The van der Waals surface area contributed by atoms with E-state index in [1.165, 1.54) is 17.2 Å². The summed E-state index contributed by atoms with van der Waals surface area (Å²) < 4.78 is 2.11. The van der Waals surface area contributed by atoms with Gasteiger partial charge in [0.05, 0.1) is 0 Å². The fourth-order valence-corrected chi connectivity index (χ4v) is 2.19. The number of hydrogen-bond acceptors (Lipinski definition) is 3.